The average Bonchev–Trinajstić information content (AvgIpc) is 2.63. The van der Waals surface area contributed by atoms with Crippen LogP contribution in [0.2, 0.25) is 0 Å². The Bertz CT molecular complexity index is 849. The third kappa shape index (κ3) is 7.99. The number of amides is 3. The van der Waals surface area contributed by atoms with E-state index in [9.17, 15) is 14.4 Å². The molecule has 6 nitrogen and oxygen atoms in total. The molecule has 1 unspecified atom stereocenters. The first-order chi connectivity index (χ1) is 13.7. The van der Waals surface area contributed by atoms with Crippen molar-refractivity contribution in [2.75, 3.05) is 16.0 Å². The molecular formula is C22H27N3O3S. The molecule has 3 amide bonds. The molecule has 2 aromatic rings. The van der Waals surface area contributed by atoms with E-state index in [1.165, 1.54) is 18.7 Å². The van der Waals surface area contributed by atoms with E-state index in [1.54, 1.807) is 36.4 Å². The maximum absolute atomic E-state index is 12.5. The SMILES string of the molecule is CC(=O)Nc1ccc(SC(C)C(=O)Nc2ccc(NC(=O)CC(C)C)cc2)cc1. The highest BCUT2D eigenvalue weighted by molar-refractivity contribution is 8.00. The summed E-state index contributed by atoms with van der Waals surface area (Å²) < 4.78 is 0. The second kappa shape index (κ2) is 10.7. The number of nitrogens with one attached hydrogen (secondary N) is 3. The van der Waals surface area contributed by atoms with E-state index in [-0.39, 0.29) is 23.0 Å². The lowest BCUT2D eigenvalue weighted by molar-refractivity contribution is -0.117. The van der Waals surface area contributed by atoms with Gasteiger partial charge in [0.2, 0.25) is 17.7 Å². The van der Waals surface area contributed by atoms with Crippen LogP contribution < -0.4 is 16.0 Å². The second-order valence-electron chi connectivity index (χ2n) is 7.18. The fourth-order valence-corrected chi connectivity index (χ4v) is 3.41. The zero-order valence-electron chi connectivity index (χ0n) is 17.1. The molecule has 0 aliphatic carbocycles. The molecule has 0 saturated heterocycles. The summed E-state index contributed by atoms with van der Waals surface area (Å²) in [7, 11) is 0. The quantitative estimate of drug-likeness (QED) is 0.545. The van der Waals surface area contributed by atoms with E-state index in [0.29, 0.717) is 23.7 Å². The van der Waals surface area contributed by atoms with Crippen LogP contribution in [0.25, 0.3) is 0 Å². The number of rotatable bonds is 8. The van der Waals surface area contributed by atoms with Gasteiger partial charge in [0, 0.05) is 35.3 Å². The maximum Gasteiger partial charge on any atom is 0.237 e. The molecular weight excluding hydrogens is 386 g/mol. The maximum atomic E-state index is 12.5. The Balaban J connectivity index is 1.87. The van der Waals surface area contributed by atoms with Gasteiger partial charge in [-0.3, -0.25) is 14.4 Å². The molecule has 7 heteroatoms. The molecule has 0 spiro atoms. The fraction of sp³-hybridized carbons (Fsp3) is 0.318. The first-order valence-electron chi connectivity index (χ1n) is 9.48. The van der Waals surface area contributed by atoms with Crippen molar-refractivity contribution < 1.29 is 14.4 Å². The van der Waals surface area contributed by atoms with Crippen molar-refractivity contribution in [2.24, 2.45) is 5.92 Å². The molecule has 0 aliphatic heterocycles. The van der Waals surface area contributed by atoms with Crippen LogP contribution in [0.15, 0.2) is 53.4 Å². The van der Waals surface area contributed by atoms with Gasteiger partial charge in [-0.1, -0.05) is 13.8 Å². The number of carbonyl (C=O) groups is 3. The van der Waals surface area contributed by atoms with Crippen molar-refractivity contribution in [3.63, 3.8) is 0 Å². The number of benzene rings is 2. The zero-order chi connectivity index (χ0) is 21.4. The first-order valence-corrected chi connectivity index (χ1v) is 10.4. The van der Waals surface area contributed by atoms with Gasteiger partial charge >= 0.3 is 0 Å². The normalized spacial score (nSPS) is 11.6. The monoisotopic (exact) mass is 413 g/mol. The van der Waals surface area contributed by atoms with E-state index in [4.69, 9.17) is 0 Å². The summed E-state index contributed by atoms with van der Waals surface area (Å²) in [6.45, 7) is 7.28. The third-order valence-corrected chi connectivity index (χ3v) is 5.00. The smallest absolute Gasteiger partial charge is 0.237 e. The molecule has 2 aromatic carbocycles. The Hall–Kier alpha value is -2.80. The first kappa shape index (κ1) is 22.5. The predicted molar refractivity (Wildman–Crippen MR) is 119 cm³/mol. The highest BCUT2D eigenvalue weighted by atomic mass is 32.2. The Morgan fingerprint density at radius 2 is 1.28 bits per heavy atom. The Morgan fingerprint density at radius 3 is 1.79 bits per heavy atom. The number of thioether (sulfide) groups is 1. The van der Waals surface area contributed by atoms with Gasteiger partial charge in [-0.15, -0.1) is 11.8 Å². The van der Waals surface area contributed by atoms with Crippen LogP contribution in [-0.4, -0.2) is 23.0 Å². The van der Waals surface area contributed by atoms with Crippen molar-refractivity contribution in [1.82, 2.24) is 0 Å². The number of carbonyl (C=O) groups excluding carboxylic acids is 3. The van der Waals surface area contributed by atoms with Crippen LogP contribution in [0.3, 0.4) is 0 Å². The molecule has 29 heavy (non-hydrogen) atoms. The minimum atomic E-state index is -0.299. The molecule has 0 aromatic heterocycles. The highest BCUT2D eigenvalue weighted by Gasteiger charge is 2.15. The van der Waals surface area contributed by atoms with Gasteiger partial charge in [0.1, 0.15) is 0 Å². The van der Waals surface area contributed by atoms with Crippen LogP contribution in [0.5, 0.6) is 0 Å². The lowest BCUT2D eigenvalue weighted by atomic mass is 10.1. The summed E-state index contributed by atoms with van der Waals surface area (Å²) in [5.74, 6) is 0.0432. The number of hydrogen-bond acceptors (Lipinski definition) is 4. The lowest BCUT2D eigenvalue weighted by Crippen LogP contribution is -2.22. The van der Waals surface area contributed by atoms with Crippen molar-refractivity contribution in [3.8, 4) is 0 Å². The predicted octanol–water partition coefficient (Wildman–Crippen LogP) is 4.75. The summed E-state index contributed by atoms with van der Waals surface area (Å²) in [6, 6.07) is 14.4. The van der Waals surface area contributed by atoms with Crippen molar-refractivity contribution in [3.05, 3.63) is 48.5 Å². The van der Waals surface area contributed by atoms with Crippen molar-refractivity contribution >= 4 is 46.5 Å². The van der Waals surface area contributed by atoms with Gasteiger partial charge in [0.05, 0.1) is 5.25 Å². The summed E-state index contributed by atoms with van der Waals surface area (Å²) in [4.78, 5) is 36.3. The second-order valence-corrected chi connectivity index (χ2v) is 8.59. The largest absolute Gasteiger partial charge is 0.326 e. The van der Waals surface area contributed by atoms with Gasteiger partial charge in [-0.25, -0.2) is 0 Å². The fourth-order valence-electron chi connectivity index (χ4n) is 2.54. The molecule has 0 radical (unpaired) electrons. The van der Waals surface area contributed by atoms with Crippen molar-refractivity contribution in [1.29, 1.82) is 0 Å². The van der Waals surface area contributed by atoms with Gasteiger partial charge in [-0.05, 0) is 61.4 Å². The number of hydrogen-bond donors (Lipinski definition) is 3. The Labute approximate surface area is 175 Å². The van der Waals surface area contributed by atoms with Crippen LogP contribution in [0, 0.1) is 5.92 Å². The highest BCUT2D eigenvalue weighted by Crippen LogP contribution is 2.26. The van der Waals surface area contributed by atoms with E-state index >= 15 is 0 Å². The standard InChI is InChI=1S/C22H27N3O3S/c1-14(2)13-21(27)24-18-5-7-19(8-6-18)25-22(28)15(3)29-20-11-9-17(10-12-20)23-16(4)26/h5-12,14-15H,13H2,1-4H3,(H,23,26)(H,24,27)(H,25,28). The minimum absolute atomic E-state index is 0.0219. The van der Waals surface area contributed by atoms with E-state index in [1.807, 2.05) is 32.9 Å². The van der Waals surface area contributed by atoms with Gasteiger partial charge in [0.25, 0.3) is 0 Å². The van der Waals surface area contributed by atoms with E-state index < -0.39 is 0 Å². The van der Waals surface area contributed by atoms with Crippen LogP contribution in [-0.2, 0) is 14.4 Å². The molecule has 154 valence electrons. The summed E-state index contributed by atoms with van der Waals surface area (Å²) in [6.07, 6.45) is 0.471. The molecule has 0 heterocycles. The number of anilines is 3. The lowest BCUT2D eigenvalue weighted by Gasteiger charge is -2.13. The van der Waals surface area contributed by atoms with Crippen molar-refractivity contribution in [2.45, 2.75) is 44.3 Å². The topological polar surface area (TPSA) is 87.3 Å². The van der Waals surface area contributed by atoms with Gasteiger partial charge in [0.15, 0.2) is 0 Å². The molecule has 0 aliphatic rings. The van der Waals surface area contributed by atoms with Gasteiger partial charge < -0.3 is 16.0 Å². The van der Waals surface area contributed by atoms with Gasteiger partial charge in [-0.2, -0.15) is 0 Å². The third-order valence-electron chi connectivity index (χ3n) is 3.89. The molecule has 0 fully saturated rings. The van der Waals surface area contributed by atoms with Crippen LogP contribution in [0.4, 0.5) is 17.1 Å². The molecule has 1 atom stereocenters. The average molecular weight is 414 g/mol. The molecule has 2 rings (SSSR count). The minimum Gasteiger partial charge on any atom is -0.326 e. The summed E-state index contributed by atoms with van der Waals surface area (Å²) >= 11 is 1.43. The Kier molecular flexibility index (Phi) is 8.27. The molecule has 0 bridgehead atoms. The van der Waals surface area contributed by atoms with E-state index in [2.05, 4.69) is 16.0 Å². The molecule has 3 N–H and O–H groups in total. The molecule has 0 saturated carbocycles. The summed E-state index contributed by atoms with van der Waals surface area (Å²) in [5, 5.41) is 8.14. The van der Waals surface area contributed by atoms with E-state index in [0.717, 1.165) is 10.6 Å². The Morgan fingerprint density at radius 1 is 0.793 bits per heavy atom. The zero-order valence-corrected chi connectivity index (χ0v) is 17.9. The summed E-state index contributed by atoms with van der Waals surface area (Å²) in [5.41, 5.74) is 2.10. The van der Waals surface area contributed by atoms with Crippen LogP contribution >= 0.6 is 11.8 Å². The van der Waals surface area contributed by atoms with Crippen LogP contribution in [0.1, 0.15) is 34.1 Å².